The van der Waals surface area contributed by atoms with Gasteiger partial charge in [0.1, 0.15) is 30.9 Å². The highest BCUT2D eigenvalue weighted by Crippen LogP contribution is 2.42. The van der Waals surface area contributed by atoms with E-state index in [1.807, 2.05) is 29.1 Å². The molecule has 0 heterocycles. The zero-order valence-electron chi connectivity index (χ0n) is 13.7. The van der Waals surface area contributed by atoms with Crippen molar-refractivity contribution in [2.45, 2.75) is 11.9 Å². The van der Waals surface area contributed by atoms with Gasteiger partial charge >= 0.3 is 0 Å². The monoisotopic (exact) mass is 434 g/mol. The Morgan fingerprint density at radius 1 is 0.880 bits per heavy atom. The summed E-state index contributed by atoms with van der Waals surface area (Å²) in [5, 5.41) is 0. The van der Waals surface area contributed by atoms with E-state index < -0.39 is 5.50 Å². The first kappa shape index (κ1) is 16.6. The van der Waals surface area contributed by atoms with Crippen molar-refractivity contribution in [3.8, 4) is 22.3 Å². The lowest BCUT2D eigenvalue weighted by atomic mass is 9.74. The molecule has 0 saturated heterocycles. The van der Waals surface area contributed by atoms with Gasteiger partial charge in [-0.05, 0) is 51.4 Å². The molecule has 0 spiro atoms. The summed E-state index contributed by atoms with van der Waals surface area (Å²) < 4.78 is 5.48. The lowest BCUT2D eigenvalue weighted by Gasteiger charge is -2.25. The van der Waals surface area contributed by atoms with E-state index in [1.54, 1.807) is 6.08 Å². The average Bonchev–Trinajstić information content (AvgIpc) is 2.81. The summed E-state index contributed by atoms with van der Waals surface area (Å²) in [7, 11) is 6.36. The van der Waals surface area contributed by atoms with Gasteiger partial charge in [0.2, 0.25) is 0 Å². The van der Waals surface area contributed by atoms with Gasteiger partial charge in [-0.3, -0.25) is 0 Å². The second kappa shape index (κ2) is 6.47. The highest BCUT2D eigenvalue weighted by Gasteiger charge is 2.26. The lowest BCUT2D eigenvalue weighted by molar-refractivity contribution is 0.299. The Hall–Kier alpha value is -1.85. The number of hydrogen-bond acceptors (Lipinski definition) is 1. The van der Waals surface area contributed by atoms with Crippen LogP contribution in [0.2, 0.25) is 0 Å². The van der Waals surface area contributed by atoms with Crippen molar-refractivity contribution in [1.82, 2.24) is 0 Å². The minimum absolute atomic E-state index is 0.893. The van der Waals surface area contributed by atoms with E-state index in [0.29, 0.717) is 0 Å². The summed E-state index contributed by atoms with van der Waals surface area (Å²) in [5.74, 6) is 0. The number of hydrogen-bond donors (Lipinski definition) is 0. The molecule has 120 valence electrons. The third kappa shape index (κ3) is 2.76. The summed E-state index contributed by atoms with van der Waals surface area (Å²) in [6, 6.07) is 23.5. The van der Waals surface area contributed by atoms with Crippen molar-refractivity contribution in [2.75, 3.05) is 0 Å². The van der Waals surface area contributed by atoms with Crippen LogP contribution in [0, 0.1) is 0 Å². The van der Waals surface area contributed by atoms with Crippen molar-refractivity contribution in [1.29, 1.82) is 0 Å². The molecule has 3 heteroatoms. The molecule has 0 fully saturated rings. The highest BCUT2D eigenvalue weighted by molar-refractivity contribution is 14.1. The Morgan fingerprint density at radius 3 is 2.08 bits per heavy atom. The van der Waals surface area contributed by atoms with E-state index in [2.05, 4.69) is 67.2 Å². The number of benzene rings is 3. The van der Waals surface area contributed by atoms with Crippen molar-refractivity contribution >= 4 is 30.9 Å². The van der Waals surface area contributed by atoms with E-state index in [0.717, 1.165) is 12.0 Å². The summed E-state index contributed by atoms with van der Waals surface area (Å²) in [6.07, 6.45) is 2.56. The first-order valence-electron chi connectivity index (χ1n) is 8.19. The average molecular weight is 434 g/mol. The summed E-state index contributed by atoms with van der Waals surface area (Å²) in [6.45, 7) is 3.84. The normalized spacial score (nSPS) is 14.4. The minimum atomic E-state index is -1.00. The van der Waals surface area contributed by atoms with Gasteiger partial charge in [0, 0.05) is 0 Å². The summed E-state index contributed by atoms with van der Waals surface area (Å²) in [4.78, 5) is 0. The largest absolute Gasteiger partial charge is 0.311 e. The van der Waals surface area contributed by atoms with Gasteiger partial charge in [-0.1, -0.05) is 66.7 Å². The summed E-state index contributed by atoms with van der Waals surface area (Å²) in [5.41, 5.74) is 7.48. The Balaban J connectivity index is 2.04. The van der Waals surface area contributed by atoms with Gasteiger partial charge in [-0.15, -0.1) is 6.58 Å². The van der Waals surface area contributed by atoms with Crippen LogP contribution in [0.1, 0.15) is 16.7 Å². The maximum atomic E-state index is 6.36. The minimum Gasteiger partial charge on any atom is -0.311 e. The van der Waals surface area contributed by atoms with Gasteiger partial charge in [0.05, 0.1) is 5.50 Å². The molecule has 1 aliphatic carbocycles. The molecule has 1 atom stereocenters. The quantitative estimate of drug-likeness (QED) is 0.225. The SMILES string of the molecule is [B]C(C=C)(OI)c1ccc2c(c1)-c1ccccc1Cc1ccccc1-2. The van der Waals surface area contributed by atoms with Crippen molar-refractivity contribution in [2.24, 2.45) is 0 Å². The zero-order valence-corrected chi connectivity index (χ0v) is 15.9. The second-order valence-electron chi connectivity index (χ2n) is 6.33. The number of halogens is 1. The van der Waals surface area contributed by atoms with Crippen molar-refractivity contribution in [3.05, 3.63) is 96.1 Å². The van der Waals surface area contributed by atoms with Crippen molar-refractivity contribution in [3.63, 3.8) is 0 Å². The molecule has 4 rings (SSSR count). The van der Waals surface area contributed by atoms with Crippen LogP contribution in [0.4, 0.5) is 0 Å². The summed E-state index contributed by atoms with van der Waals surface area (Å²) >= 11 is 1.84. The standard InChI is InChI=1S/C22H16BIO/c1-2-22(23,25-24)17-11-12-20-18-9-5-3-7-15(18)13-16-8-4-6-10-19(16)21(20)14-17/h2-12,14H,1,13H2. The van der Waals surface area contributed by atoms with Crippen LogP contribution < -0.4 is 0 Å². The van der Waals surface area contributed by atoms with E-state index in [9.17, 15) is 0 Å². The maximum absolute atomic E-state index is 6.36. The molecule has 1 aliphatic rings. The van der Waals surface area contributed by atoms with Crippen LogP contribution in [0.25, 0.3) is 22.3 Å². The molecule has 25 heavy (non-hydrogen) atoms. The van der Waals surface area contributed by atoms with E-state index >= 15 is 0 Å². The first-order valence-corrected chi connectivity index (χ1v) is 9.07. The van der Waals surface area contributed by atoms with Crippen LogP contribution in [-0.2, 0) is 15.0 Å². The Bertz CT molecular complexity index is 966. The van der Waals surface area contributed by atoms with E-state index in [1.165, 1.54) is 33.4 Å². The molecule has 3 aromatic carbocycles. The van der Waals surface area contributed by atoms with Crippen LogP contribution in [0.5, 0.6) is 0 Å². The predicted octanol–water partition coefficient (Wildman–Crippen LogP) is 5.80. The molecule has 1 nitrogen and oxygen atoms in total. The Kier molecular flexibility index (Phi) is 4.30. The van der Waals surface area contributed by atoms with Gasteiger partial charge < -0.3 is 3.07 Å². The second-order valence-corrected chi connectivity index (χ2v) is 6.77. The molecule has 2 radical (unpaired) electrons. The van der Waals surface area contributed by atoms with Crippen molar-refractivity contribution < 1.29 is 3.07 Å². The molecule has 0 aromatic heterocycles. The van der Waals surface area contributed by atoms with E-state index in [4.69, 9.17) is 10.9 Å². The maximum Gasteiger partial charge on any atom is 0.127 e. The lowest BCUT2D eigenvalue weighted by Crippen LogP contribution is -2.23. The fourth-order valence-electron chi connectivity index (χ4n) is 3.52. The number of rotatable bonds is 3. The molecular weight excluding hydrogens is 418 g/mol. The molecule has 0 amide bonds. The number of fused-ring (bicyclic) bond motifs is 5. The van der Waals surface area contributed by atoms with Gasteiger partial charge in [-0.2, -0.15) is 0 Å². The fourth-order valence-corrected chi connectivity index (χ4v) is 3.95. The molecular formula is C22H16BIO. The van der Waals surface area contributed by atoms with Crippen LogP contribution in [-0.4, -0.2) is 7.85 Å². The third-order valence-electron chi connectivity index (χ3n) is 4.90. The topological polar surface area (TPSA) is 9.23 Å². The van der Waals surface area contributed by atoms with Crippen LogP contribution in [0.3, 0.4) is 0 Å². The van der Waals surface area contributed by atoms with Crippen LogP contribution in [0.15, 0.2) is 79.4 Å². The van der Waals surface area contributed by atoms with E-state index in [-0.39, 0.29) is 0 Å². The first-order chi connectivity index (χ1) is 12.2. The van der Waals surface area contributed by atoms with Gasteiger partial charge in [0.25, 0.3) is 0 Å². The Morgan fingerprint density at radius 2 is 1.48 bits per heavy atom. The highest BCUT2D eigenvalue weighted by atomic mass is 127. The third-order valence-corrected chi connectivity index (χ3v) is 5.63. The predicted molar refractivity (Wildman–Crippen MR) is 113 cm³/mol. The molecule has 0 aliphatic heterocycles. The zero-order chi connectivity index (χ0) is 17.4. The van der Waals surface area contributed by atoms with Crippen LogP contribution >= 0.6 is 23.0 Å². The molecule has 3 aromatic rings. The molecule has 0 bridgehead atoms. The molecule has 0 saturated carbocycles. The molecule has 1 unspecified atom stereocenters. The smallest absolute Gasteiger partial charge is 0.127 e. The fraction of sp³-hybridized carbons (Fsp3) is 0.0909. The Labute approximate surface area is 163 Å². The van der Waals surface area contributed by atoms with Gasteiger partial charge in [-0.25, -0.2) is 0 Å². The molecule has 0 N–H and O–H groups in total. The van der Waals surface area contributed by atoms with Gasteiger partial charge in [0.15, 0.2) is 0 Å².